The lowest BCUT2D eigenvalue weighted by molar-refractivity contribution is 1.07. The molecule has 0 N–H and O–H groups in total. The van der Waals surface area contributed by atoms with Crippen molar-refractivity contribution in [3.63, 3.8) is 0 Å². The van der Waals surface area contributed by atoms with Crippen molar-refractivity contribution in [2.45, 2.75) is 0 Å². The summed E-state index contributed by atoms with van der Waals surface area (Å²) in [5.74, 6) is 1.88. The topological polar surface area (TPSA) is 51.6 Å². The van der Waals surface area contributed by atoms with Gasteiger partial charge in [0.2, 0.25) is 0 Å². The van der Waals surface area contributed by atoms with Gasteiger partial charge in [-0.25, -0.2) is 19.9 Å². The van der Waals surface area contributed by atoms with E-state index in [1.54, 1.807) is 0 Å². The molecule has 0 fully saturated rings. The molecule has 53 heavy (non-hydrogen) atoms. The summed E-state index contributed by atoms with van der Waals surface area (Å²) < 4.78 is 2.51. The summed E-state index contributed by atoms with van der Waals surface area (Å²) in [4.78, 5) is 20.7. The molecule has 4 nitrogen and oxygen atoms in total. The summed E-state index contributed by atoms with van der Waals surface area (Å²) in [5, 5.41) is 10.9. The SMILES string of the molecule is c1ccc(-c2nc(-c3cccc(-c4nc5ccccc5c5sc6ccccc6c45)c3)nc(-c3ccc4c5ccccc5c5ccccc5c4c3)n2)cc1. The van der Waals surface area contributed by atoms with E-state index in [1.807, 2.05) is 29.5 Å². The Morgan fingerprint density at radius 3 is 1.55 bits per heavy atom. The van der Waals surface area contributed by atoms with Gasteiger partial charge in [0.05, 0.1) is 11.2 Å². The number of para-hydroxylation sites is 1. The molecular formula is C48H28N4S. The van der Waals surface area contributed by atoms with E-state index in [1.165, 1.54) is 57.9 Å². The molecule has 8 aromatic carbocycles. The Hall–Kier alpha value is -6.82. The third kappa shape index (κ3) is 4.82. The zero-order chi connectivity index (χ0) is 34.9. The fraction of sp³-hybridized carbons (Fsp3) is 0. The molecule has 0 aliphatic heterocycles. The lowest BCUT2D eigenvalue weighted by atomic mass is 9.93. The Labute approximate surface area is 308 Å². The van der Waals surface area contributed by atoms with Gasteiger partial charge in [0.1, 0.15) is 0 Å². The Morgan fingerprint density at radius 1 is 0.321 bits per heavy atom. The van der Waals surface area contributed by atoms with E-state index < -0.39 is 0 Å². The van der Waals surface area contributed by atoms with E-state index in [9.17, 15) is 0 Å². The number of rotatable bonds is 4. The van der Waals surface area contributed by atoms with Gasteiger partial charge in [-0.1, -0.05) is 146 Å². The second-order valence-corrected chi connectivity index (χ2v) is 14.4. The number of aromatic nitrogens is 4. The maximum Gasteiger partial charge on any atom is 0.164 e. The zero-order valence-corrected chi connectivity index (χ0v) is 29.2. The standard InChI is InChI=1S/C48H28N4S/c1-2-13-29(14-3-1)46-50-47(52-48(51-46)32-25-26-37-35-19-5-4-17-33(35)34-18-6-7-20-36(34)40(37)28-32)31-16-12-15-30(27-31)44-43-39-22-9-11-24-42(39)53-45(43)38-21-8-10-23-41(38)49-44/h1-28H. The average Bonchev–Trinajstić information content (AvgIpc) is 3.64. The summed E-state index contributed by atoms with van der Waals surface area (Å²) in [6, 6.07) is 59.6. The second kappa shape index (κ2) is 11.9. The first-order chi connectivity index (χ1) is 26.3. The Kier molecular flexibility index (Phi) is 6.69. The highest BCUT2D eigenvalue weighted by molar-refractivity contribution is 7.26. The van der Waals surface area contributed by atoms with Crippen LogP contribution < -0.4 is 0 Å². The molecule has 3 heterocycles. The van der Waals surface area contributed by atoms with E-state index in [2.05, 4.69) is 152 Å². The number of pyridine rings is 1. The first-order valence-electron chi connectivity index (χ1n) is 17.7. The molecule has 246 valence electrons. The average molecular weight is 693 g/mol. The van der Waals surface area contributed by atoms with E-state index >= 15 is 0 Å². The number of fused-ring (bicyclic) bond motifs is 11. The highest BCUT2D eigenvalue weighted by Gasteiger charge is 2.19. The van der Waals surface area contributed by atoms with Crippen molar-refractivity contribution in [3.05, 3.63) is 170 Å². The van der Waals surface area contributed by atoms with Crippen LogP contribution in [0.15, 0.2) is 170 Å². The van der Waals surface area contributed by atoms with Gasteiger partial charge < -0.3 is 0 Å². The first-order valence-corrected chi connectivity index (χ1v) is 18.5. The second-order valence-electron chi connectivity index (χ2n) is 13.4. The van der Waals surface area contributed by atoms with Gasteiger partial charge >= 0.3 is 0 Å². The smallest absolute Gasteiger partial charge is 0.164 e. The number of thiophene rings is 1. The minimum Gasteiger partial charge on any atom is -0.247 e. The molecule has 11 aromatic rings. The van der Waals surface area contributed by atoms with Crippen LogP contribution in [0.4, 0.5) is 0 Å². The van der Waals surface area contributed by atoms with Crippen molar-refractivity contribution >= 4 is 74.7 Å². The highest BCUT2D eigenvalue weighted by Crippen LogP contribution is 2.43. The molecule has 0 saturated carbocycles. The maximum atomic E-state index is 5.29. The van der Waals surface area contributed by atoms with Crippen LogP contribution in [-0.4, -0.2) is 19.9 Å². The summed E-state index contributed by atoms with van der Waals surface area (Å²) >= 11 is 1.83. The van der Waals surface area contributed by atoms with Gasteiger partial charge in [-0.3, -0.25) is 0 Å². The zero-order valence-electron chi connectivity index (χ0n) is 28.4. The van der Waals surface area contributed by atoms with Crippen molar-refractivity contribution in [2.75, 3.05) is 0 Å². The summed E-state index contributed by atoms with van der Waals surface area (Å²) in [6.07, 6.45) is 0. The number of benzene rings is 8. The van der Waals surface area contributed by atoms with Crippen LogP contribution in [-0.2, 0) is 0 Å². The summed E-state index contributed by atoms with van der Waals surface area (Å²) in [7, 11) is 0. The van der Waals surface area contributed by atoms with E-state index in [0.717, 1.165) is 33.5 Å². The van der Waals surface area contributed by atoms with Gasteiger partial charge in [-0.05, 0) is 56.6 Å². The van der Waals surface area contributed by atoms with Crippen LogP contribution in [0, 0.1) is 0 Å². The fourth-order valence-corrected chi connectivity index (χ4v) is 9.06. The summed E-state index contributed by atoms with van der Waals surface area (Å²) in [5.41, 5.74) is 5.75. The molecule has 0 aliphatic carbocycles. The molecule has 0 unspecified atom stereocenters. The van der Waals surface area contributed by atoms with E-state index in [-0.39, 0.29) is 0 Å². The molecule has 0 atom stereocenters. The van der Waals surface area contributed by atoms with E-state index in [0.29, 0.717) is 17.5 Å². The minimum absolute atomic E-state index is 0.617. The maximum absolute atomic E-state index is 5.29. The van der Waals surface area contributed by atoms with Crippen LogP contribution in [0.2, 0.25) is 0 Å². The van der Waals surface area contributed by atoms with Crippen LogP contribution in [0.5, 0.6) is 0 Å². The molecule has 0 radical (unpaired) electrons. The Balaban J connectivity index is 1.13. The highest BCUT2D eigenvalue weighted by atomic mass is 32.1. The first kappa shape index (κ1) is 29.9. The normalized spacial score (nSPS) is 11.8. The number of nitrogens with zero attached hydrogens (tertiary/aromatic N) is 4. The lowest BCUT2D eigenvalue weighted by Crippen LogP contribution is -2.00. The molecule has 3 aromatic heterocycles. The predicted octanol–water partition coefficient (Wildman–Crippen LogP) is 12.9. The van der Waals surface area contributed by atoms with Crippen molar-refractivity contribution in [3.8, 4) is 45.4 Å². The molecule has 5 heteroatoms. The number of hydrogen-bond acceptors (Lipinski definition) is 5. The monoisotopic (exact) mass is 692 g/mol. The van der Waals surface area contributed by atoms with E-state index in [4.69, 9.17) is 19.9 Å². The van der Waals surface area contributed by atoms with Crippen molar-refractivity contribution in [1.82, 2.24) is 19.9 Å². The van der Waals surface area contributed by atoms with Crippen LogP contribution in [0.1, 0.15) is 0 Å². The predicted molar refractivity (Wildman–Crippen MR) is 222 cm³/mol. The molecule has 11 rings (SSSR count). The lowest BCUT2D eigenvalue weighted by Gasteiger charge is -2.13. The fourth-order valence-electron chi connectivity index (χ4n) is 7.82. The van der Waals surface area contributed by atoms with Crippen LogP contribution in [0.25, 0.3) is 109 Å². The van der Waals surface area contributed by atoms with Crippen molar-refractivity contribution < 1.29 is 0 Å². The largest absolute Gasteiger partial charge is 0.247 e. The van der Waals surface area contributed by atoms with Crippen molar-refractivity contribution in [1.29, 1.82) is 0 Å². The third-order valence-electron chi connectivity index (χ3n) is 10.3. The molecule has 0 spiro atoms. The minimum atomic E-state index is 0.617. The molecular weight excluding hydrogens is 665 g/mol. The Bertz CT molecular complexity index is 3200. The molecule has 0 saturated heterocycles. The molecule has 0 bridgehead atoms. The third-order valence-corrected chi connectivity index (χ3v) is 11.5. The van der Waals surface area contributed by atoms with Crippen molar-refractivity contribution in [2.24, 2.45) is 0 Å². The number of hydrogen-bond donors (Lipinski definition) is 0. The van der Waals surface area contributed by atoms with Gasteiger partial charge in [0, 0.05) is 47.8 Å². The Morgan fingerprint density at radius 2 is 0.830 bits per heavy atom. The van der Waals surface area contributed by atoms with Crippen LogP contribution >= 0.6 is 11.3 Å². The quantitative estimate of drug-likeness (QED) is 0.172. The van der Waals surface area contributed by atoms with Crippen LogP contribution in [0.3, 0.4) is 0 Å². The van der Waals surface area contributed by atoms with Gasteiger partial charge in [-0.2, -0.15) is 0 Å². The molecule has 0 amide bonds. The molecule has 0 aliphatic rings. The summed E-state index contributed by atoms with van der Waals surface area (Å²) in [6.45, 7) is 0. The van der Waals surface area contributed by atoms with Gasteiger partial charge in [0.15, 0.2) is 17.5 Å². The van der Waals surface area contributed by atoms with Gasteiger partial charge in [-0.15, -0.1) is 11.3 Å². The van der Waals surface area contributed by atoms with Gasteiger partial charge in [0.25, 0.3) is 0 Å².